The summed E-state index contributed by atoms with van der Waals surface area (Å²) >= 11 is 0. The van der Waals surface area contributed by atoms with Gasteiger partial charge >= 0.3 is 0 Å². The third kappa shape index (κ3) is 5.20. The molecule has 1 aromatic carbocycles. The molecule has 0 radical (unpaired) electrons. The van der Waals surface area contributed by atoms with E-state index in [-0.39, 0.29) is 11.8 Å². The monoisotopic (exact) mass is 342 g/mol. The molecule has 0 aliphatic rings. The SMILES string of the molecule is CCN(CC)c1ccc(/C=N\NC(=O)c2ccc(NC(C)=O)cc2)o1. The highest BCUT2D eigenvalue weighted by Gasteiger charge is 2.07. The van der Waals surface area contributed by atoms with E-state index < -0.39 is 0 Å². The van der Waals surface area contributed by atoms with Crippen LogP contribution in [0.3, 0.4) is 0 Å². The number of carbonyl (C=O) groups excluding carboxylic acids is 2. The van der Waals surface area contributed by atoms with Gasteiger partial charge in [-0.15, -0.1) is 0 Å². The molecule has 0 aliphatic carbocycles. The van der Waals surface area contributed by atoms with Gasteiger partial charge in [0.15, 0.2) is 5.88 Å². The van der Waals surface area contributed by atoms with Crippen LogP contribution in [-0.4, -0.2) is 31.1 Å². The summed E-state index contributed by atoms with van der Waals surface area (Å²) in [7, 11) is 0. The summed E-state index contributed by atoms with van der Waals surface area (Å²) < 4.78 is 5.65. The molecule has 132 valence electrons. The Balaban J connectivity index is 1.93. The predicted molar refractivity (Wildman–Crippen MR) is 98.1 cm³/mol. The van der Waals surface area contributed by atoms with Crippen LogP contribution in [0.25, 0.3) is 0 Å². The molecule has 1 aromatic heterocycles. The highest BCUT2D eigenvalue weighted by Crippen LogP contribution is 2.16. The number of furan rings is 1. The summed E-state index contributed by atoms with van der Waals surface area (Å²) in [5, 5.41) is 6.55. The Labute approximate surface area is 146 Å². The molecule has 0 aliphatic heterocycles. The lowest BCUT2D eigenvalue weighted by molar-refractivity contribution is -0.114. The molecule has 0 bridgehead atoms. The molecule has 0 unspecified atom stereocenters. The van der Waals surface area contributed by atoms with Gasteiger partial charge in [-0.1, -0.05) is 0 Å². The maximum atomic E-state index is 12.0. The number of rotatable bonds is 7. The average Bonchev–Trinajstić information content (AvgIpc) is 3.05. The van der Waals surface area contributed by atoms with Crippen molar-refractivity contribution in [2.75, 3.05) is 23.3 Å². The van der Waals surface area contributed by atoms with Gasteiger partial charge in [-0.05, 0) is 44.2 Å². The van der Waals surface area contributed by atoms with Gasteiger partial charge in [0.25, 0.3) is 5.91 Å². The topological polar surface area (TPSA) is 86.9 Å². The van der Waals surface area contributed by atoms with E-state index in [1.807, 2.05) is 6.07 Å². The summed E-state index contributed by atoms with van der Waals surface area (Å²) in [4.78, 5) is 25.1. The molecule has 0 saturated carbocycles. The van der Waals surface area contributed by atoms with Crippen molar-refractivity contribution in [3.05, 3.63) is 47.7 Å². The minimum absolute atomic E-state index is 0.163. The molecule has 2 aromatic rings. The van der Waals surface area contributed by atoms with Crippen LogP contribution in [-0.2, 0) is 4.79 Å². The standard InChI is InChI=1S/C18H22N4O3/c1-4-22(5-2)17-11-10-16(25-17)12-19-21-18(24)14-6-8-15(9-7-14)20-13(3)23/h6-12H,4-5H2,1-3H3,(H,20,23)(H,21,24)/b19-12-. The van der Waals surface area contributed by atoms with Crippen molar-refractivity contribution < 1.29 is 14.0 Å². The number of anilines is 2. The van der Waals surface area contributed by atoms with Gasteiger partial charge in [0.1, 0.15) is 5.76 Å². The van der Waals surface area contributed by atoms with Crippen LogP contribution in [0.15, 0.2) is 45.9 Å². The first-order chi connectivity index (χ1) is 12.0. The van der Waals surface area contributed by atoms with Gasteiger partial charge in [-0.2, -0.15) is 5.10 Å². The molecule has 25 heavy (non-hydrogen) atoms. The smallest absolute Gasteiger partial charge is 0.271 e. The van der Waals surface area contributed by atoms with Crippen LogP contribution in [0.1, 0.15) is 36.9 Å². The number of nitrogens with zero attached hydrogens (tertiary/aromatic N) is 2. The second kappa shape index (κ2) is 8.68. The average molecular weight is 342 g/mol. The van der Waals surface area contributed by atoms with E-state index in [1.165, 1.54) is 13.1 Å². The number of benzene rings is 1. The Kier molecular flexibility index (Phi) is 6.33. The quantitative estimate of drug-likeness (QED) is 0.598. The number of hydrogen-bond acceptors (Lipinski definition) is 5. The highest BCUT2D eigenvalue weighted by molar-refractivity contribution is 5.95. The Morgan fingerprint density at radius 1 is 1.12 bits per heavy atom. The fraction of sp³-hybridized carbons (Fsp3) is 0.278. The van der Waals surface area contributed by atoms with E-state index in [1.54, 1.807) is 30.3 Å². The van der Waals surface area contributed by atoms with Crippen LogP contribution < -0.4 is 15.6 Å². The van der Waals surface area contributed by atoms with E-state index in [9.17, 15) is 9.59 Å². The molecule has 0 fully saturated rings. The van der Waals surface area contributed by atoms with Gasteiger partial charge in [-0.25, -0.2) is 5.43 Å². The van der Waals surface area contributed by atoms with Crippen LogP contribution in [0, 0.1) is 0 Å². The zero-order valence-corrected chi connectivity index (χ0v) is 14.6. The van der Waals surface area contributed by atoms with E-state index >= 15 is 0 Å². The molecule has 0 atom stereocenters. The molecule has 7 nitrogen and oxygen atoms in total. The summed E-state index contributed by atoms with van der Waals surface area (Å²) in [6.07, 6.45) is 1.45. The third-order valence-corrected chi connectivity index (χ3v) is 3.51. The van der Waals surface area contributed by atoms with E-state index in [0.717, 1.165) is 19.0 Å². The lowest BCUT2D eigenvalue weighted by Gasteiger charge is -2.16. The van der Waals surface area contributed by atoms with Crippen molar-refractivity contribution in [1.29, 1.82) is 0 Å². The minimum Gasteiger partial charge on any atom is -0.440 e. The minimum atomic E-state index is -0.346. The zero-order valence-electron chi connectivity index (χ0n) is 14.6. The number of hydrogen-bond donors (Lipinski definition) is 2. The molecule has 0 saturated heterocycles. The summed E-state index contributed by atoms with van der Waals surface area (Å²) in [6.45, 7) is 7.24. The second-order valence-electron chi connectivity index (χ2n) is 5.31. The molecule has 2 N–H and O–H groups in total. The molecule has 0 spiro atoms. The lowest BCUT2D eigenvalue weighted by atomic mass is 10.2. The Bertz CT molecular complexity index is 746. The van der Waals surface area contributed by atoms with E-state index in [4.69, 9.17) is 4.42 Å². The van der Waals surface area contributed by atoms with Crippen molar-refractivity contribution in [2.45, 2.75) is 20.8 Å². The first-order valence-corrected chi connectivity index (χ1v) is 8.09. The maximum absolute atomic E-state index is 12.0. The van der Waals surface area contributed by atoms with Crippen LogP contribution in [0.2, 0.25) is 0 Å². The van der Waals surface area contributed by atoms with E-state index in [0.29, 0.717) is 17.0 Å². The second-order valence-corrected chi connectivity index (χ2v) is 5.31. The fourth-order valence-corrected chi connectivity index (χ4v) is 2.24. The summed E-state index contributed by atoms with van der Waals surface area (Å²) in [6, 6.07) is 10.2. The Morgan fingerprint density at radius 2 is 1.80 bits per heavy atom. The molecule has 2 rings (SSSR count). The van der Waals surface area contributed by atoms with Crippen molar-refractivity contribution in [3.63, 3.8) is 0 Å². The fourth-order valence-electron chi connectivity index (χ4n) is 2.24. The Hall–Kier alpha value is -3.09. The third-order valence-electron chi connectivity index (χ3n) is 3.51. The van der Waals surface area contributed by atoms with Crippen LogP contribution in [0.5, 0.6) is 0 Å². The van der Waals surface area contributed by atoms with Gasteiger partial charge in [0.2, 0.25) is 5.91 Å². The molecular formula is C18H22N4O3. The van der Waals surface area contributed by atoms with Gasteiger partial charge < -0.3 is 14.6 Å². The van der Waals surface area contributed by atoms with E-state index in [2.05, 4.69) is 34.6 Å². The largest absolute Gasteiger partial charge is 0.440 e. The molecule has 7 heteroatoms. The maximum Gasteiger partial charge on any atom is 0.271 e. The van der Waals surface area contributed by atoms with Crippen molar-refractivity contribution >= 4 is 29.6 Å². The predicted octanol–water partition coefficient (Wildman–Crippen LogP) is 2.85. The molecular weight excluding hydrogens is 320 g/mol. The van der Waals surface area contributed by atoms with Crippen molar-refractivity contribution in [1.82, 2.24) is 5.43 Å². The summed E-state index contributed by atoms with van der Waals surface area (Å²) in [5.41, 5.74) is 3.51. The van der Waals surface area contributed by atoms with Gasteiger partial charge in [-0.3, -0.25) is 9.59 Å². The molecule has 2 amide bonds. The summed E-state index contributed by atoms with van der Waals surface area (Å²) in [5.74, 6) is 0.819. The highest BCUT2D eigenvalue weighted by atomic mass is 16.4. The molecule has 1 heterocycles. The number of nitrogens with one attached hydrogen (secondary N) is 2. The first kappa shape index (κ1) is 18.3. The van der Waals surface area contributed by atoms with Crippen LogP contribution in [0.4, 0.5) is 11.6 Å². The van der Waals surface area contributed by atoms with Crippen molar-refractivity contribution in [3.8, 4) is 0 Å². The van der Waals surface area contributed by atoms with Gasteiger partial charge in [0, 0.05) is 37.3 Å². The van der Waals surface area contributed by atoms with Gasteiger partial charge in [0.05, 0.1) is 6.21 Å². The van der Waals surface area contributed by atoms with Crippen LogP contribution >= 0.6 is 0 Å². The normalized spacial score (nSPS) is 10.7. The number of amides is 2. The lowest BCUT2D eigenvalue weighted by Crippen LogP contribution is -2.20. The van der Waals surface area contributed by atoms with Crippen molar-refractivity contribution in [2.24, 2.45) is 5.10 Å². The number of carbonyl (C=O) groups is 2. The first-order valence-electron chi connectivity index (χ1n) is 8.09. The Morgan fingerprint density at radius 3 is 2.40 bits per heavy atom. The zero-order chi connectivity index (χ0) is 18.2. The number of hydrazone groups is 1.